The minimum Gasteiger partial charge on any atom is -0.336 e. The zero-order chi connectivity index (χ0) is 11.5. The summed E-state index contributed by atoms with van der Waals surface area (Å²) in [6, 6.07) is 3.14. The molecule has 4 nitrogen and oxygen atoms in total. The van der Waals surface area contributed by atoms with Crippen LogP contribution in [-0.2, 0) is 0 Å². The summed E-state index contributed by atoms with van der Waals surface area (Å²) in [4.78, 5) is 3.75. The van der Waals surface area contributed by atoms with Crippen LogP contribution >= 0.6 is 11.6 Å². The maximum atomic E-state index is 13.2. The molecule has 0 aliphatic carbocycles. The third-order valence-corrected chi connectivity index (χ3v) is 1.89. The Morgan fingerprint density at radius 1 is 1.25 bits per heavy atom. The van der Waals surface area contributed by atoms with Gasteiger partial charge in [-0.2, -0.15) is 10.1 Å². The number of nitrogens with zero attached hydrogens (tertiary/aromatic N) is 3. The fraction of sp³-hybridized carbons (Fsp3) is 0. The van der Waals surface area contributed by atoms with Gasteiger partial charge in [-0.05, 0) is 23.7 Å². The largest absolute Gasteiger partial charge is 0.336 e. The molecule has 16 heavy (non-hydrogen) atoms. The quantitative estimate of drug-likeness (QED) is 0.879. The molecule has 1 aromatic carbocycles. The number of hydrogen-bond donors (Lipinski definition) is 1. The van der Waals surface area contributed by atoms with Gasteiger partial charge in [0.05, 0.1) is 11.9 Å². The van der Waals surface area contributed by atoms with Gasteiger partial charge in [0, 0.05) is 6.07 Å². The van der Waals surface area contributed by atoms with Crippen molar-refractivity contribution in [2.45, 2.75) is 0 Å². The second-order valence-corrected chi connectivity index (χ2v) is 3.20. The van der Waals surface area contributed by atoms with Crippen molar-refractivity contribution in [3.63, 3.8) is 0 Å². The summed E-state index contributed by atoms with van der Waals surface area (Å²) in [7, 11) is 0. The van der Waals surface area contributed by atoms with Crippen molar-refractivity contribution >= 4 is 23.1 Å². The van der Waals surface area contributed by atoms with Crippen LogP contribution in [0.1, 0.15) is 0 Å². The molecule has 1 heterocycles. The Balaban J connectivity index is 2.27. The van der Waals surface area contributed by atoms with Crippen LogP contribution in [0.5, 0.6) is 0 Å². The van der Waals surface area contributed by atoms with Gasteiger partial charge in [0.2, 0.25) is 5.28 Å². The van der Waals surface area contributed by atoms with Gasteiger partial charge in [0.15, 0.2) is 5.82 Å². The zero-order valence-electron chi connectivity index (χ0n) is 7.78. The molecule has 2 aromatic rings. The van der Waals surface area contributed by atoms with E-state index in [1.165, 1.54) is 12.3 Å². The van der Waals surface area contributed by atoms with Crippen LogP contribution in [0.2, 0.25) is 5.28 Å². The second kappa shape index (κ2) is 4.36. The molecule has 2 rings (SSSR count). The number of anilines is 2. The first kappa shape index (κ1) is 10.7. The maximum Gasteiger partial charge on any atom is 0.244 e. The van der Waals surface area contributed by atoms with E-state index in [0.29, 0.717) is 0 Å². The molecule has 0 spiro atoms. The Morgan fingerprint density at radius 2 is 2.06 bits per heavy atom. The van der Waals surface area contributed by atoms with Gasteiger partial charge in [-0.1, -0.05) is 0 Å². The molecule has 0 radical (unpaired) electrons. The van der Waals surface area contributed by atoms with E-state index in [2.05, 4.69) is 20.5 Å². The average Bonchev–Trinajstić information content (AvgIpc) is 2.22. The topological polar surface area (TPSA) is 50.7 Å². The van der Waals surface area contributed by atoms with Crippen LogP contribution in [0.4, 0.5) is 20.3 Å². The van der Waals surface area contributed by atoms with Gasteiger partial charge < -0.3 is 5.32 Å². The van der Waals surface area contributed by atoms with Gasteiger partial charge >= 0.3 is 0 Å². The van der Waals surface area contributed by atoms with E-state index < -0.39 is 11.6 Å². The number of aromatic nitrogens is 3. The predicted molar refractivity (Wildman–Crippen MR) is 54.5 cm³/mol. The van der Waals surface area contributed by atoms with Crippen molar-refractivity contribution in [1.29, 1.82) is 0 Å². The summed E-state index contributed by atoms with van der Waals surface area (Å²) < 4.78 is 25.9. The van der Waals surface area contributed by atoms with Crippen LogP contribution in [0.15, 0.2) is 24.4 Å². The van der Waals surface area contributed by atoms with Gasteiger partial charge in [0.1, 0.15) is 11.6 Å². The molecular weight excluding hydrogens is 238 g/mol. The van der Waals surface area contributed by atoms with Crippen LogP contribution in [-0.4, -0.2) is 15.2 Å². The summed E-state index contributed by atoms with van der Waals surface area (Å²) in [5.74, 6) is -1.15. The summed E-state index contributed by atoms with van der Waals surface area (Å²) in [5, 5.41) is 9.49. The third-order valence-electron chi connectivity index (χ3n) is 1.73. The van der Waals surface area contributed by atoms with Gasteiger partial charge in [-0.15, -0.1) is 5.10 Å². The van der Waals surface area contributed by atoms with Crippen molar-refractivity contribution in [1.82, 2.24) is 15.2 Å². The fourth-order valence-corrected chi connectivity index (χ4v) is 1.21. The second-order valence-electron chi connectivity index (χ2n) is 2.86. The van der Waals surface area contributed by atoms with Crippen LogP contribution < -0.4 is 5.32 Å². The lowest BCUT2D eigenvalue weighted by atomic mass is 10.3. The smallest absolute Gasteiger partial charge is 0.244 e. The van der Waals surface area contributed by atoms with Crippen molar-refractivity contribution in [2.75, 3.05) is 5.32 Å². The summed E-state index contributed by atoms with van der Waals surface area (Å²) in [6.45, 7) is 0. The maximum absolute atomic E-state index is 13.2. The molecule has 0 aliphatic heterocycles. The van der Waals surface area contributed by atoms with E-state index >= 15 is 0 Å². The van der Waals surface area contributed by atoms with Crippen molar-refractivity contribution < 1.29 is 8.78 Å². The SMILES string of the molecule is Fc1ccc(Nc2cnnc(Cl)n2)c(F)c1. The normalized spacial score (nSPS) is 10.2. The first-order valence-corrected chi connectivity index (χ1v) is 4.60. The van der Waals surface area contributed by atoms with Gasteiger partial charge in [0.25, 0.3) is 0 Å². The molecule has 0 unspecified atom stereocenters. The number of halogens is 3. The molecule has 0 bridgehead atoms. The minimum atomic E-state index is -0.727. The lowest BCUT2D eigenvalue weighted by Gasteiger charge is -2.05. The van der Waals surface area contributed by atoms with E-state index in [4.69, 9.17) is 11.6 Å². The van der Waals surface area contributed by atoms with Crippen LogP contribution in [0.3, 0.4) is 0 Å². The number of benzene rings is 1. The molecule has 0 saturated carbocycles. The average molecular weight is 243 g/mol. The Bertz CT molecular complexity index is 521. The zero-order valence-corrected chi connectivity index (χ0v) is 8.54. The molecule has 1 aromatic heterocycles. The standard InChI is InChI=1S/C9H5ClF2N4/c10-9-15-8(4-13-16-9)14-7-2-1-5(11)3-6(7)12/h1-4H,(H,14,15,16). The predicted octanol–water partition coefficient (Wildman–Crippen LogP) is 2.55. The van der Waals surface area contributed by atoms with Crippen molar-refractivity contribution in [3.05, 3.63) is 41.3 Å². The summed E-state index contributed by atoms with van der Waals surface area (Å²) >= 11 is 5.50. The highest BCUT2D eigenvalue weighted by atomic mass is 35.5. The van der Waals surface area contributed by atoms with E-state index in [-0.39, 0.29) is 16.8 Å². The first-order chi connectivity index (χ1) is 7.65. The van der Waals surface area contributed by atoms with Crippen molar-refractivity contribution in [3.8, 4) is 0 Å². The lowest BCUT2D eigenvalue weighted by molar-refractivity contribution is 0.586. The van der Waals surface area contributed by atoms with Crippen LogP contribution in [0, 0.1) is 11.6 Å². The lowest BCUT2D eigenvalue weighted by Crippen LogP contribution is -1.98. The fourth-order valence-electron chi connectivity index (χ4n) is 1.07. The molecule has 7 heteroatoms. The molecule has 0 amide bonds. The molecule has 1 N–H and O–H groups in total. The molecule has 0 aliphatic rings. The van der Waals surface area contributed by atoms with E-state index in [1.54, 1.807) is 0 Å². The Labute approximate surface area is 94.3 Å². The molecular formula is C9H5ClF2N4. The summed E-state index contributed by atoms with van der Waals surface area (Å²) in [5.41, 5.74) is 0.0815. The van der Waals surface area contributed by atoms with E-state index in [0.717, 1.165) is 12.1 Å². The molecule has 0 saturated heterocycles. The Hall–Kier alpha value is -1.82. The monoisotopic (exact) mass is 242 g/mol. The van der Waals surface area contributed by atoms with E-state index in [9.17, 15) is 8.78 Å². The summed E-state index contributed by atoms with van der Waals surface area (Å²) in [6.07, 6.45) is 1.27. The number of nitrogens with one attached hydrogen (secondary N) is 1. The Morgan fingerprint density at radius 3 is 2.75 bits per heavy atom. The molecule has 0 atom stereocenters. The van der Waals surface area contributed by atoms with Gasteiger partial charge in [-0.3, -0.25) is 0 Å². The highest BCUT2D eigenvalue weighted by molar-refractivity contribution is 6.28. The molecule has 82 valence electrons. The highest BCUT2D eigenvalue weighted by Crippen LogP contribution is 2.19. The van der Waals surface area contributed by atoms with E-state index in [1.807, 2.05) is 0 Å². The first-order valence-electron chi connectivity index (χ1n) is 4.22. The van der Waals surface area contributed by atoms with Crippen molar-refractivity contribution in [2.24, 2.45) is 0 Å². The third kappa shape index (κ3) is 2.40. The van der Waals surface area contributed by atoms with Crippen LogP contribution in [0.25, 0.3) is 0 Å². The minimum absolute atomic E-state index is 0.0625. The molecule has 0 fully saturated rings. The highest BCUT2D eigenvalue weighted by Gasteiger charge is 2.05. The number of hydrogen-bond acceptors (Lipinski definition) is 4. The Kier molecular flexibility index (Phi) is 2.91. The number of rotatable bonds is 2. The van der Waals surface area contributed by atoms with Gasteiger partial charge in [-0.25, -0.2) is 8.78 Å².